The van der Waals surface area contributed by atoms with Crippen molar-refractivity contribution in [3.8, 4) is 0 Å². The van der Waals surface area contributed by atoms with Gasteiger partial charge in [0.15, 0.2) is 0 Å². The standard InChI is InChI=1S/C34H51NO10/c1-7-34(4,5)29(36)19-25-18-22(2)17-24-10-9-23(3)28(33(24)25)12-11-26-20-27(21-32(39)42-26)43-31(38)14-13-30(37)40-15-8-16-41-45-44-35-6/h9-10,17,22-23,25-28,33H,6-8,11-16,18-21H2,1-5H3/t22-,23-,25+,26?,27?,28?,33+/m0/s1. The first kappa shape index (κ1) is 36.4. The normalized spacial score (nSPS) is 27.9. The van der Waals surface area contributed by atoms with E-state index in [2.05, 4.69) is 65.8 Å². The fraction of sp³-hybridized carbons (Fsp3) is 0.735. The SMILES string of the molecule is C=NOOOCCCOC(=O)CCC(=O)OC1CC(=O)OC(CCC2[C@@H](C)C=CC3=C[C@H](C)C[C@H](CC(=O)C(C)(C)CC)[C@@H]32)C1. The van der Waals surface area contributed by atoms with Crippen LogP contribution in [0.1, 0.15) is 98.8 Å². The molecule has 252 valence electrons. The third-order valence-electron chi connectivity index (χ3n) is 9.50. The highest BCUT2D eigenvalue weighted by Crippen LogP contribution is 2.48. The van der Waals surface area contributed by atoms with Crippen molar-refractivity contribution in [1.82, 2.24) is 0 Å². The molecule has 1 fully saturated rings. The predicted molar refractivity (Wildman–Crippen MR) is 165 cm³/mol. The zero-order valence-corrected chi connectivity index (χ0v) is 27.5. The number of fused-ring (bicyclic) bond motifs is 1. The Hall–Kier alpha value is -3.05. The van der Waals surface area contributed by atoms with E-state index in [0.717, 1.165) is 19.3 Å². The van der Waals surface area contributed by atoms with Gasteiger partial charge in [0, 0.05) is 36.4 Å². The number of ether oxygens (including phenoxy) is 3. The van der Waals surface area contributed by atoms with Crippen molar-refractivity contribution in [2.75, 3.05) is 13.2 Å². The van der Waals surface area contributed by atoms with Crippen molar-refractivity contribution in [3.63, 3.8) is 0 Å². The van der Waals surface area contributed by atoms with E-state index in [1.807, 2.05) is 13.8 Å². The lowest BCUT2D eigenvalue weighted by Gasteiger charge is -2.44. The van der Waals surface area contributed by atoms with E-state index >= 15 is 0 Å². The summed E-state index contributed by atoms with van der Waals surface area (Å²) in [5, 5.41) is 7.15. The van der Waals surface area contributed by atoms with Crippen LogP contribution >= 0.6 is 0 Å². The van der Waals surface area contributed by atoms with E-state index in [1.54, 1.807) is 0 Å². The summed E-state index contributed by atoms with van der Waals surface area (Å²) in [6.45, 7) is 13.8. The minimum Gasteiger partial charge on any atom is -0.466 e. The van der Waals surface area contributed by atoms with Crippen molar-refractivity contribution in [2.45, 2.75) is 111 Å². The molecule has 0 aromatic carbocycles. The summed E-state index contributed by atoms with van der Waals surface area (Å²) < 4.78 is 16.3. The number of esters is 3. The maximum Gasteiger partial charge on any atom is 0.309 e. The van der Waals surface area contributed by atoms with Crippen LogP contribution < -0.4 is 0 Å². The fourth-order valence-electron chi connectivity index (χ4n) is 6.66. The number of rotatable bonds is 18. The van der Waals surface area contributed by atoms with Crippen LogP contribution in [0.3, 0.4) is 0 Å². The van der Waals surface area contributed by atoms with Crippen molar-refractivity contribution in [3.05, 3.63) is 23.8 Å². The van der Waals surface area contributed by atoms with Gasteiger partial charge < -0.3 is 14.2 Å². The van der Waals surface area contributed by atoms with Gasteiger partial charge in [0.25, 0.3) is 0 Å². The van der Waals surface area contributed by atoms with Gasteiger partial charge in [-0.3, -0.25) is 19.2 Å². The second-order valence-corrected chi connectivity index (χ2v) is 13.3. The molecule has 1 aliphatic heterocycles. The summed E-state index contributed by atoms with van der Waals surface area (Å²) in [5.41, 5.74) is 0.997. The zero-order chi connectivity index (χ0) is 33.0. The number of carbonyl (C=O) groups excluding carboxylic acids is 4. The maximum absolute atomic E-state index is 13.3. The van der Waals surface area contributed by atoms with Gasteiger partial charge >= 0.3 is 17.9 Å². The molecule has 0 aromatic rings. The lowest BCUT2D eigenvalue weighted by atomic mass is 9.60. The molecular weight excluding hydrogens is 582 g/mol. The molecule has 11 heteroatoms. The summed E-state index contributed by atoms with van der Waals surface area (Å²) in [6, 6.07) is 0. The summed E-state index contributed by atoms with van der Waals surface area (Å²) in [5.74, 6) is 0.471. The molecule has 11 nitrogen and oxygen atoms in total. The Morgan fingerprint density at radius 1 is 1.09 bits per heavy atom. The van der Waals surface area contributed by atoms with E-state index in [0.29, 0.717) is 49.2 Å². The van der Waals surface area contributed by atoms with Gasteiger partial charge in [0.2, 0.25) is 0 Å². The summed E-state index contributed by atoms with van der Waals surface area (Å²) in [6.07, 6.45) is 10.3. The van der Waals surface area contributed by atoms with Crippen molar-refractivity contribution < 1.29 is 48.3 Å². The van der Waals surface area contributed by atoms with Gasteiger partial charge in [-0.2, -0.15) is 9.88 Å². The topological polar surface area (TPSA) is 136 Å². The van der Waals surface area contributed by atoms with Gasteiger partial charge in [-0.15, -0.1) is 0 Å². The minimum absolute atomic E-state index is 0.00673. The Bertz CT molecular complexity index is 1100. The first-order valence-electron chi connectivity index (χ1n) is 16.3. The first-order valence-corrected chi connectivity index (χ1v) is 16.3. The molecule has 3 rings (SSSR count). The zero-order valence-electron chi connectivity index (χ0n) is 27.5. The molecule has 0 radical (unpaired) electrons. The third kappa shape index (κ3) is 11.4. The average Bonchev–Trinajstić information content (AvgIpc) is 2.98. The lowest BCUT2D eigenvalue weighted by molar-refractivity contribution is -0.513. The number of ketones is 1. The number of hydrogen-bond donors (Lipinski definition) is 0. The molecular formula is C34H51NO10. The van der Waals surface area contributed by atoms with E-state index in [4.69, 9.17) is 14.2 Å². The number of allylic oxidation sites excluding steroid dienone is 4. The van der Waals surface area contributed by atoms with E-state index in [-0.39, 0.29) is 55.8 Å². The molecule has 1 saturated heterocycles. The molecule has 1 heterocycles. The van der Waals surface area contributed by atoms with Gasteiger partial charge in [-0.05, 0) is 60.8 Å². The molecule has 0 saturated carbocycles. The smallest absolute Gasteiger partial charge is 0.309 e. The summed E-state index contributed by atoms with van der Waals surface area (Å²) in [7, 11) is 0. The summed E-state index contributed by atoms with van der Waals surface area (Å²) >= 11 is 0. The quantitative estimate of drug-likeness (QED) is 0.0441. The highest BCUT2D eigenvalue weighted by molar-refractivity contribution is 5.84. The first-order chi connectivity index (χ1) is 21.4. The maximum atomic E-state index is 13.3. The van der Waals surface area contributed by atoms with Crippen molar-refractivity contribution >= 4 is 30.4 Å². The van der Waals surface area contributed by atoms with Gasteiger partial charge in [0.05, 0.1) is 32.5 Å². The second-order valence-electron chi connectivity index (χ2n) is 13.3. The van der Waals surface area contributed by atoms with Crippen molar-refractivity contribution in [2.24, 2.45) is 40.2 Å². The van der Waals surface area contributed by atoms with E-state index < -0.39 is 24.0 Å². The molecule has 0 spiro atoms. The molecule has 0 N–H and O–H groups in total. The Balaban J connectivity index is 1.50. The average molecular weight is 634 g/mol. The summed E-state index contributed by atoms with van der Waals surface area (Å²) in [4.78, 5) is 58.9. The Morgan fingerprint density at radius 3 is 2.58 bits per heavy atom. The number of hydrogen-bond acceptors (Lipinski definition) is 11. The number of Topliss-reactive ketones (excluding diaryl/α,β-unsaturated/α-hetero) is 1. The number of nitrogens with zero attached hydrogens (tertiary/aromatic N) is 1. The Kier molecular flexibility index (Phi) is 14.2. The Labute approximate surface area is 266 Å². The van der Waals surface area contributed by atoms with Crippen LogP contribution in [0.15, 0.2) is 29.0 Å². The lowest BCUT2D eigenvalue weighted by Crippen LogP contribution is -2.39. The highest BCUT2D eigenvalue weighted by atomic mass is 17.5. The van der Waals surface area contributed by atoms with Crippen LogP contribution in [-0.4, -0.2) is 55.8 Å². The van der Waals surface area contributed by atoms with Crippen LogP contribution in [0.2, 0.25) is 0 Å². The van der Waals surface area contributed by atoms with Crippen molar-refractivity contribution in [1.29, 1.82) is 0 Å². The predicted octanol–water partition coefficient (Wildman–Crippen LogP) is 6.01. The van der Waals surface area contributed by atoms with Gasteiger partial charge in [-0.25, -0.2) is 0 Å². The Morgan fingerprint density at radius 2 is 1.84 bits per heavy atom. The van der Waals surface area contributed by atoms with Crippen LogP contribution in [-0.2, 0) is 48.3 Å². The molecule has 3 unspecified atom stereocenters. The molecule has 7 atom stereocenters. The van der Waals surface area contributed by atoms with Crippen LogP contribution in [0, 0.1) is 35.0 Å². The number of oxime groups is 1. The van der Waals surface area contributed by atoms with Crippen LogP contribution in [0.5, 0.6) is 0 Å². The highest BCUT2D eigenvalue weighted by Gasteiger charge is 2.42. The number of cyclic esters (lactones) is 1. The van der Waals surface area contributed by atoms with Crippen LogP contribution in [0.4, 0.5) is 0 Å². The molecule has 0 amide bonds. The molecule has 0 aromatic heterocycles. The fourth-order valence-corrected chi connectivity index (χ4v) is 6.66. The molecule has 0 bridgehead atoms. The second kappa shape index (κ2) is 17.6. The largest absolute Gasteiger partial charge is 0.466 e. The monoisotopic (exact) mass is 633 g/mol. The van der Waals surface area contributed by atoms with Crippen LogP contribution in [0.25, 0.3) is 0 Å². The number of carbonyl (C=O) groups is 4. The van der Waals surface area contributed by atoms with E-state index in [1.165, 1.54) is 5.57 Å². The third-order valence-corrected chi connectivity index (χ3v) is 9.50. The van der Waals surface area contributed by atoms with E-state index in [9.17, 15) is 19.2 Å². The molecule has 3 aliphatic rings. The molecule has 2 aliphatic carbocycles. The van der Waals surface area contributed by atoms with Gasteiger partial charge in [0.1, 0.15) is 18.0 Å². The minimum atomic E-state index is -0.597. The molecule has 45 heavy (non-hydrogen) atoms. The van der Waals surface area contributed by atoms with Gasteiger partial charge in [-0.1, -0.05) is 58.0 Å².